The second-order valence-corrected chi connectivity index (χ2v) is 6.72. The predicted octanol–water partition coefficient (Wildman–Crippen LogP) is 1.05. The molecule has 0 aromatic heterocycles. The largest absolute Gasteiger partial charge is 0.399 e. The fraction of sp³-hybridized carbons (Fsp3) is 0.462. The average molecular weight is 300 g/mol. The minimum Gasteiger partial charge on any atom is -0.399 e. The number of hydrogen-bond donors (Lipinski definition) is 2. The topological polar surface area (TPSA) is 98.5 Å². The number of nitrogens with one attached hydrogen (secondary N) is 1. The number of nitrogen functional groups attached to an aromatic ring is 1. The Balaban J connectivity index is 2.37. The van der Waals surface area contributed by atoms with Crippen LogP contribution < -0.4 is 11.1 Å². The molecule has 0 bridgehead atoms. The Labute approximate surface area is 119 Å². The molecule has 1 amide bonds. The van der Waals surface area contributed by atoms with Gasteiger partial charge in [-0.1, -0.05) is 0 Å². The molecular formula is C13H20N2O4S. The molecule has 0 aliphatic heterocycles. The maximum Gasteiger partial charge on any atom is 0.225 e. The molecule has 0 unspecified atom stereocenters. The normalized spacial score (nSPS) is 11.2. The third-order valence-electron chi connectivity index (χ3n) is 2.64. The number of sulfone groups is 1. The summed E-state index contributed by atoms with van der Waals surface area (Å²) >= 11 is 0. The number of carbonyl (C=O) groups is 1. The van der Waals surface area contributed by atoms with Gasteiger partial charge in [-0.2, -0.15) is 0 Å². The first kappa shape index (κ1) is 16.5. The van der Waals surface area contributed by atoms with E-state index in [1.165, 1.54) is 7.11 Å². The third kappa shape index (κ3) is 6.53. The molecule has 1 aromatic carbocycles. The summed E-state index contributed by atoms with van der Waals surface area (Å²) in [5.41, 5.74) is 6.73. The van der Waals surface area contributed by atoms with Gasteiger partial charge in [0.2, 0.25) is 5.91 Å². The van der Waals surface area contributed by atoms with Crippen molar-refractivity contribution in [1.29, 1.82) is 0 Å². The molecule has 0 saturated heterocycles. The Morgan fingerprint density at radius 3 is 2.50 bits per heavy atom. The van der Waals surface area contributed by atoms with Crippen LogP contribution in [-0.2, 0) is 19.4 Å². The maximum atomic E-state index is 11.7. The molecule has 0 fully saturated rings. The summed E-state index contributed by atoms with van der Waals surface area (Å²) in [5, 5.41) is 2.63. The van der Waals surface area contributed by atoms with Gasteiger partial charge in [-0.25, -0.2) is 8.42 Å². The van der Waals surface area contributed by atoms with Crippen molar-refractivity contribution < 1.29 is 17.9 Å². The zero-order valence-electron chi connectivity index (χ0n) is 11.5. The summed E-state index contributed by atoms with van der Waals surface area (Å²) in [6.07, 6.45) is 0.387. The quantitative estimate of drug-likeness (QED) is 0.552. The highest BCUT2D eigenvalue weighted by Crippen LogP contribution is 2.11. The standard InChI is InChI=1S/C13H20N2O4S/c1-19-8-2-9-20(17,18)10-7-13(16)15-12-5-3-11(14)4-6-12/h3-6H,2,7-10,14H2,1H3,(H,15,16). The van der Waals surface area contributed by atoms with Crippen molar-refractivity contribution in [2.45, 2.75) is 12.8 Å². The lowest BCUT2D eigenvalue weighted by Crippen LogP contribution is -2.19. The Hall–Kier alpha value is -1.60. The number of methoxy groups -OCH3 is 1. The summed E-state index contributed by atoms with van der Waals surface area (Å²) in [6.45, 7) is 0.400. The van der Waals surface area contributed by atoms with Gasteiger partial charge < -0.3 is 15.8 Å². The fourth-order valence-electron chi connectivity index (χ4n) is 1.56. The molecule has 3 N–H and O–H groups in total. The van der Waals surface area contributed by atoms with Crippen molar-refractivity contribution in [3.63, 3.8) is 0 Å². The lowest BCUT2D eigenvalue weighted by molar-refractivity contribution is -0.115. The molecule has 20 heavy (non-hydrogen) atoms. The molecule has 0 spiro atoms. The maximum absolute atomic E-state index is 11.7. The summed E-state index contributed by atoms with van der Waals surface area (Å²) in [4.78, 5) is 11.6. The van der Waals surface area contributed by atoms with Crippen LogP contribution in [-0.4, -0.2) is 39.5 Å². The Morgan fingerprint density at radius 2 is 1.90 bits per heavy atom. The van der Waals surface area contributed by atoms with Gasteiger partial charge in [0.05, 0.1) is 11.5 Å². The molecule has 0 aliphatic rings. The van der Waals surface area contributed by atoms with Crippen molar-refractivity contribution in [1.82, 2.24) is 0 Å². The van der Waals surface area contributed by atoms with Crippen molar-refractivity contribution in [2.75, 3.05) is 36.3 Å². The Bertz CT molecular complexity index is 526. The lowest BCUT2D eigenvalue weighted by atomic mass is 10.3. The summed E-state index contributed by atoms with van der Waals surface area (Å²) in [6, 6.07) is 6.66. The van der Waals surface area contributed by atoms with Crippen LogP contribution in [0.2, 0.25) is 0 Å². The van der Waals surface area contributed by atoms with E-state index in [9.17, 15) is 13.2 Å². The van der Waals surface area contributed by atoms with Crippen LogP contribution in [0.15, 0.2) is 24.3 Å². The molecule has 112 valence electrons. The van der Waals surface area contributed by atoms with Crippen molar-refractivity contribution in [2.24, 2.45) is 0 Å². The molecule has 0 heterocycles. The highest BCUT2D eigenvalue weighted by molar-refractivity contribution is 7.91. The van der Waals surface area contributed by atoms with Gasteiger partial charge in [0.1, 0.15) is 0 Å². The zero-order valence-corrected chi connectivity index (χ0v) is 12.3. The minimum atomic E-state index is -3.21. The highest BCUT2D eigenvalue weighted by atomic mass is 32.2. The molecule has 0 radical (unpaired) electrons. The molecular weight excluding hydrogens is 280 g/mol. The predicted molar refractivity (Wildman–Crippen MR) is 79.2 cm³/mol. The SMILES string of the molecule is COCCCS(=O)(=O)CCC(=O)Nc1ccc(N)cc1. The molecule has 6 nitrogen and oxygen atoms in total. The number of rotatable bonds is 8. The van der Waals surface area contributed by atoms with E-state index in [4.69, 9.17) is 10.5 Å². The average Bonchev–Trinajstić information content (AvgIpc) is 2.40. The van der Waals surface area contributed by atoms with Gasteiger partial charge in [0.25, 0.3) is 0 Å². The van der Waals surface area contributed by atoms with E-state index in [1.54, 1.807) is 24.3 Å². The van der Waals surface area contributed by atoms with E-state index >= 15 is 0 Å². The number of anilines is 2. The number of amides is 1. The van der Waals surface area contributed by atoms with Crippen LogP contribution in [0, 0.1) is 0 Å². The summed E-state index contributed by atoms with van der Waals surface area (Å²) in [7, 11) is -1.69. The summed E-state index contributed by atoms with van der Waals surface area (Å²) in [5.74, 6) is -0.446. The van der Waals surface area contributed by atoms with E-state index in [1.807, 2.05) is 0 Å². The second kappa shape index (κ2) is 7.86. The van der Waals surface area contributed by atoms with E-state index in [0.717, 1.165) is 0 Å². The first-order valence-corrected chi connectivity index (χ1v) is 8.10. The number of carbonyl (C=O) groups excluding carboxylic acids is 1. The van der Waals surface area contributed by atoms with Crippen LogP contribution in [0.25, 0.3) is 0 Å². The van der Waals surface area contributed by atoms with Gasteiger partial charge in [0, 0.05) is 31.5 Å². The number of hydrogen-bond acceptors (Lipinski definition) is 5. The van der Waals surface area contributed by atoms with E-state index in [2.05, 4.69) is 5.32 Å². The number of benzene rings is 1. The second-order valence-electron chi connectivity index (χ2n) is 4.42. The molecule has 0 atom stereocenters. The molecule has 0 aliphatic carbocycles. The van der Waals surface area contributed by atoms with Gasteiger partial charge in [0.15, 0.2) is 9.84 Å². The first-order chi connectivity index (χ1) is 9.43. The van der Waals surface area contributed by atoms with Crippen LogP contribution >= 0.6 is 0 Å². The van der Waals surface area contributed by atoms with Gasteiger partial charge in [-0.05, 0) is 30.7 Å². The highest BCUT2D eigenvalue weighted by Gasteiger charge is 2.13. The van der Waals surface area contributed by atoms with Crippen LogP contribution in [0.4, 0.5) is 11.4 Å². The zero-order chi connectivity index (χ0) is 15.0. The van der Waals surface area contributed by atoms with Gasteiger partial charge >= 0.3 is 0 Å². The van der Waals surface area contributed by atoms with Crippen LogP contribution in [0.3, 0.4) is 0 Å². The molecule has 1 rings (SSSR count). The van der Waals surface area contributed by atoms with Crippen molar-refractivity contribution in [3.05, 3.63) is 24.3 Å². The van der Waals surface area contributed by atoms with E-state index in [0.29, 0.717) is 24.4 Å². The van der Waals surface area contributed by atoms with Gasteiger partial charge in [-0.3, -0.25) is 4.79 Å². The Morgan fingerprint density at radius 1 is 1.25 bits per heavy atom. The lowest BCUT2D eigenvalue weighted by Gasteiger charge is -2.06. The van der Waals surface area contributed by atoms with E-state index < -0.39 is 9.84 Å². The first-order valence-electron chi connectivity index (χ1n) is 6.28. The molecule has 7 heteroatoms. The van der Waals surface area contributed by atoms with Crippen molar-refractivity contribution in [3.8, 4) is 0 Å². The monoisotopic (exact) mass is 300 g/mol. The fourth-order valence-corrected chi connectivity index (χ4v) is 2.82. The molecule has 1 aromatic rings. The van der Waals surface area contributed by atoms with Gasteiger partial charge in [-0.15, -0.1) is 0 Å². The Kier molecular flexibility index (Phi) is 6.47. The van der Waals surface area contributed by atoms with E-state index in [-0.39, 0.29) is 23.8 Å². The molecule has 0 saturated carbocycles. The van der Waals surface area contributed by atoms with Crippen molar-refractivity contribution >= 4 is 27.1 Å². The number of nitrogens with two attached hydrogens (primary N) is 1. The van der Waals surface area contributed by atoms with Crippen LogP contribution in [0.5, 0.6) is 0 Å². The summed E-state index contributed by atoms with van der Waals surface area (Å²) < 4.78 is 28.1. The van der Waals surface area contributed by atoms with Crippen LogP contribution in [0.1, 0.15) is 12.8 Å². The number of ether oxygens (including phenoxy) is 1. The third-order valence-corrected chi connectivity index (χ3v) is 4.38. The smallest absolute Gasteiger partial charge is 0.225 e. The minimum absolute atomic E-state index is 0.0377.